The van der Waals surface area contributed by atoms with Crippen LogP contribution in [0.25, 0.3) is 0 Å². The van der Waals surface area contributed by atoms with Gasteiger partial charge in [-0.2, -0.15) is 12.6 Å². The van der Waals surface area contributed by atoms with Crippen LogP contribution >= 0.6 is 24.4 Å². The largest absolute Gasteiger partial charge is 0.295 e. The summed E-state index contributed by atoms with van der Waals surface area (Å²) in [6, 6.07) is -0.407. The lowest BCUT2D eigenvalue weighted by Gasteiger charge is -2.07. The minimum atomic E-state index is -0.415. The van der Waals surface area contributed by atoms with E-state index in [1.54, 1.807) is 11.8 Å². The number of Topliss-reactive ketones (excluding diaryl/α,β-unsaturated/α-hetero) is 1. The standard InChI is InChI=1S/C6H9NO2S2/c1-3-7-5(4(9)2-8)6(10)11-3/h2-3,5-7,10H,1H3. The minimum absolute atomic E-state index is 0.0947. The lowest BCUT2D eigenvalue weighted by molar-refractivity contribution is -0.130. The molecule has 3 unspecified atom stereocenters. The third-order valence-corrected chi connectivity index (χ3v) is 3.22. The Kier molecular flexibility index (Phi) is 2.98. The summed E-state index contributed by atoms with van der Waals surface area (Å²) in [5.41, 5.74) is 0. The Balaban J connectivity index is 2.59. The summed E-state index contributed by atoms with van der Waals surface area (Å²) >= 11 is 5.71. The van der Waals surface area contributed by atoms with Crippen molar-refractivity contribution in [3.8, 4) is 0 Å². The highest BCUT2D eigenvalue weighted by Crippen LogP contribution is 2.29. The number of thiol groups is 1. The van der Waals surface area contributed by atoms with Gasteiger partial charge in [-0.25, -0.2) is 0 Å². The number of ketones is 1. The number of aldehydes is 1. The van der Waals surface area contributed by atoms with Gasteiger partial charge in [-0.1, -0.05) is 0 Å². The lowest BCUT2D eigenvalue weighted by Crippen LogP contribution is -2.38. The number of rotatable bonds is 2. The van der Waals surface area contributed by atoms with Gasteiger partial charge in [0.15, 0.2) is 6.29 Å². The molecule has 1 aliphatic rings. The maximum absolute atomic E-state index is 10.9. The van der Waals surface area contributed by atoms with Crippen LogP contribution in [0.5, 0.6) is 0 Å². The average Bonchev–Trinajstić information content (AvgIpc) is 2.28. The Morgan fingerprint density at radius 2 is 2.36 bits per heavy atom. The van der Waals surface area contributed by atoms with Crippen molar-refractivity contribution in [3.05, 3.63) is 0 Å². The van der Waals surface area contributed by atoms with E-state index in [1.807, 2.05) is 6.92 Å². The van der Waals surface area contributed by atoms with E-state index in [0.717, 1.165) is 0 Å². The van der Waals surface area contributed by atoms with Crippen LogP contribution in [0.4, 0.5) is 0 Å². The first-order chi connectivity index (χ1) is 5.15. The summed E-state index contributed by atoms with van der Waals surface area (Å²) in [5, 5.41) is 3.16. The Hall–Kier alpha value is 0. The first-order valence-corrected chi connectivity index (χ1v) is 4.69. The molecule has 1 aliphatic heterocycles. The van der Waals surface area contributed by atoms with Gasteiger partial charge < -0.3 is 0 Å². The second kappa shape index (κ2) is 3.60. The molecule has 3 nitrogen and oxygen atoms in total. The van der Waals surface area contributed by atoms with Crippen molar-refractivity contribution in [2.45, 2.75) is 22.9 Å². The van der Waals surface area contributed by atoms with E-state index in [0.29, 0.717) is 6.29 Å². The number of carbonyl (C=O) groups excluding carboxylic acids is 2. The molecule has 0 bridgehead atoms. The fourth-order valence-corrected chi connectivity index (χ4v) is 2.75. The third-order valence-electron chi connectivity index (χ3n) is 1.47. The van der Waals surface area contributed by atoms with Crippen LogP contribution in [-0.4, -0.2) is 28.1 Å². The molecule has 0 aromatic rings. The predicted molar refractivity (Wildman–Crippen MR) is 47.8 cm³/mol. The molecule has 0 aliphatic carbocycles. The van der Waals surface area contributed by atoms with Crippen molar-refractivity contribution in [1.82, 2.24) is 5.32 Å². The quantitative estimate of drug-likeness (QED) is 0.368. The summed E-state index contributed by atoms with van der Waals surface area (Å²) in [6.07, 6.45) is 0.347. The molecule has 1 heterocycles. The van der Waals surface area contributed by atoms with Crippen molar-refractivity contribution in [3.63, 3.8) is 0 Å². The monoisotopic (exact) mass is 191 g/mol. The SMILES string of the molecule is CC1NC(C(=O)C=O)C(S)S1. The fraction of sp³-hybridized carbons (Fsp3) is 0.667. The molecular formula is C6H9NO2S2. The smallest absolute Gasteiger partial charge is 0.214 e. The molecule has 1 saturated heterocycles. The maximum atomic E-state index is 10.9. The molecule has 3 atom stereocenters. The first-order valence-electron chi connectivity index (χ1n) is 3.23. The number of carbonyl (C=O) groups is 2. The second-order valence-electron chi connectivity index (χ2n) is 2.33. The molecular weight excluding hydrogens is 182 g/mol. The highest BCUT2D eigenvalue weighted by molar-refractivity contribution is 8.11. The van der Waals surface area contributed by atoms with Crippen molar-refractivity contribution < 1.29 is 9.59 Å². The van der Waals surface area contributed by atoms with Gasteiger partial charge in [0.05, 0.1) is 16.0 Å². The highest BCUT2D eigenvalue weighted by Gasteiger charge is 2.34. The average molecular weight is 191 g/mol. The van der Waals surface area contributed by atoms with Gasteiger partial charge in [-0.15, -0.1) is 11.8 Å². The van der Waals surface area contributed by atoms with Crippen molar-refractivity contribution in [2.75, 3.05) is 0 Å². The zero-order valence-corrected chi connectivity index (χ0v) is 7.69. The van der Waals surface area contributed by atoms with Gasteiger partial charge in [0.1, 0.15) is 0 Å². The topological polar surface area (TPSA) is 46.2 Å². The van der Waals surface area contributed by atoms with Crippen LogP contribution in [0.2, 0.25) is 0 Å². The van der Waals surface area contributed by atoms with Crippen LogP contribution in [-0.2, 0) is 9.59 Å². The van der Waals surface area contributed by atoms with Crippen molar-refractivity contribution >= 4 is 36.5 Å². The Bertz CT molecular complexity index is 185. The summed E-state index contributed by atoms with van der Waals surface area (Å²) in [7, 11) is 0. The van der Waals surface area contributed by atoms with Crippen LogP contribution in [0.3, 0.4) is 0 Å². The van der Waals surface area contributed by atoms with Crippen LogP contribution in [0, 0.1) is 0 Å². The molecule has 0 saturated carbocycles. The third kappa shape index (κ3) is 1.98. The molecule has 1 fully saturated rings. The molecule has 62 valence electrons. The van der Waals surface area contributed by atoms with E-state index < -0.39 is 11.8 Å². The predicted octanol–water partition coefficient (Wildman–Crippen LogP) is 0.0613. The molecule has 0 amide bonds. The molecule has 11 heavy (non-hydrogen) atoms. The van der Waals surface area contributed by atoms with Gasteiger partial charge >= 0.3 is 0 Å². The molecule has 1 rings (SSSR count). The van der Waals surface area contributed by atoms with E-state index in [4.69, 9.17) is 0 Å². The second-order valence-corrected chi connectivity index (χ2v) is 4.73. The number of nitrogens with one attached hydrogen (secondary N) is 1. The summed E-state index contributed by atoms with van der Waals surface area (Å²) in [6.45, 7) is 1.94. The van der Waals surface area contributed by atoms with Crippen LogP contribution in [0.15, 0.2) is 0 Å². The minimum Gasteiger partial charge on any atom is -0.295 e. The Morgan fingerprint density at radius 1 is 1.73 bits per heavy atom. The van der Waals surface area contributed by atoms with Gasteiger partial charge in [0.2, 0.25) is 5.78 Å². The van der Waals surface area contributed by atoms with Crippen LogP contribution in [0.1, 0.15) is 6.92 Å². The van der Waals surface area contributed by atoms with E-state index in [-0.39, 0.29) is 9.96 Å². The molecule has 0 spiro atoms. The van der Waals surface area contributed by atoms with Gasteiger partial charge in [-0.3, -0.25) is 14.9 Å². The zero-order chi connectivity index (χ0) is 8.43. The Morgan fingerprint density at radius 3 is 2.73 bits per heavy atom. The van der Waals surface area contributed by atoms with Crippen molar-refractivity contribution in [2.24, 2.45) is 0 Å². The molecule has 5 heteroatoms. The molecule has 1 N–H and O–H groups in total. The molecule has 0 aromatic heterocycles. The van der Waals surface area contributed by atoms with Gasteiger partial charge in [-0.05, 0) is 6.92 Å². The van der Waals surface area contributed by atoms with E-state index >= 15 is 0 Å². The van der Waals surface area contributed by atoms with Crippen molar-refractivity contribution in [1.29, 1.82) is 0 Å². The van der Waals surface area contributed by atoms with E-state index in [2.05, 4.69) is 17.9 Å². The molecule has 0 radical (unpaired) electrons. The fourth-order valence-electron chi connectivity index (χ4n) is 0.958. The van der Waals surface area contributed by atoms with Crippen LogP contribution < -0.4 is 5.32 Å². The number of hydrogen-bond acceptors (Lipinski definition) is 5. The van der Waals surface area contributed by atoms with E-state index in [9.17, 15) is 9.59 Å². The lowest BCUT2D eigenvalue weighted by atomic mass is 10.2. The van der Waals surface area contributed by atoms with Gasteiger partial charge in [0.25, 0.3) is 0 Å². The molecule has 0 aromatic carbocycles. The summed E-state index contributed by atoms with van der Waals surface area (Å²) < 4.78 is -0.0947. The summed E-state index contributed by atoms with van der Waals surface area (Å²) in [5.74, 6) is -0.415. The first kappa shape index (κ1) is 9.09. The summed E-state index contributed by atoms with van der Waals surface area (Å²) in [4.78, 5) is 21.0. The van der Waals surface area contributed by atoms with E-state index in [1.165, 1.54) is 0 Å². The normalized spacial score (nSPS) is 37.1. The zero-order valence-electron chi connectivity index (χ0n) is 5.98. The highest BCUT2D eigenvalue weighted by atomic mass is 32.2. The number of hydrogen-bond donors (Lipinski definition) is 2. The Labute approximate surface area is 74.7 Å². The van der Waals surface area contributed by atoms with Gasteiger partial charge in [0, 0.05) is 0 Å². The number of thioether (sulfide) groups is 1. The maximum Gasteiger partial charge on any atom is 0.214 e.